The number of nitrogens with one attached hydrogen (secondary N) is 4. The Morgan fingerprint density at radius 3 is 1.84 bits per heavy atom. The summed E-state index contributed by atoms with van der Waals surface area (Å²) in [4.78, 5) is 13.5. The molecule has 0 saturated carbocycles. The maximum Gasteiger partial charge on any atom is 0.164 e. The summed E-state index contributed by atoms with van der Waals surface area (Å²) in [5.41, 5.74) is 15.0. The van der Waals surface area contributed by atoms with Gasteiger partial charge in [0.1, 0.15) is 11.3 Å². The van der Waals surface area contributed by atoms with Gasteiger partial charge in [0.15, 0.2) is 5.78 Å². The normalized spacial score (nSPS) is 35.5. The van der Waals surface area contributed by atoms with Crippen molar-refractivity contribution in [3.63, 3.8) is 0 Å². The van der Waals surface area contributed by atoms with Crippen LogP contribution in [0.2, 0.25) is 0 Å². The Balaban J connectivity index is 1.77. The third-order valence-electron chi connectivity index (χ3n) is 6.49. The van der Waals surface area contributed by atoms with Crippen LogP contribution in [0.1, 0.15) is 63.9 Å². The van der Waals surface area contributed by atoms with E-state index in [0.29, 0.717) is 16.9 Å². The zero-order valence-electron chi connectivity index (χ0n) is 20.1. The zero-order valence-corrected chi connectivity index (χ0v) is 22.6. The highest BCUT2D eigenvalue weighted by molar-refractivity contribution is 7.97. The van der Waals surface area contributed by atoms with Crippen LogP contribution in [0.5, 0.6) is 0 Å². The van der Waals surface area contributed by atoms with Crippen LogP contribution in [0.15, 0.2) is 10.8 Å². The second-order valence-electron chi connectivity index (χ2n) is 9.77. The molecule has 3 aliphatic rings. The monoisotopic (exact) mass is 500 g/mol. The molecular weight excluding hydrogens is 464 g/mol. The van der Waals surface area contributed by atoms with Crippen molar-refractivity contribution in [1.82, 2.24) is 41.0 Å². The van der Waals surface area contributed by atoms with Crippen LogP contribution in [0.4, 0.5) is 0 Å². The molecule has 12 heteroatoms. The summed E-state index contributed by atoms with van der Waals surface area (Å²) in [7, 11) is 4.01. The van der Waals surface area contributed by atoms with Gasteiger partial charge in [0.05, 0.1) is 0 Å². The average Bonchev–Trinajstić information content (AvgIpc) is 3.32. The summed E-state index contributed by atoms with van der Waals surface area (Å²) < 4.78 is 4.09. The van der Waals surface area contributed by atoms with E-state index in [1.807, 2.05) is 38.8 Å². The lowest BCUT2D eigenvalue weighted by atomic mass is 9.58. The smallest absolute Gasteiger partial charge is 0.164 e. The second kappa shape index (κ2) is 8.76. The van der Waals surface area contributed by atoms with Crippen LogP contribution in [0.3, 0.4) is 0 Å². The van der Waals surface area contributed by atoms with Gasteiger partial charge in [-0.25, -0.2) is 21.7 Å². The van der Waals surface area contributed by atoms with Crippen molar-refractivity contribution in [2.24, 2.45) is 5.41 Å². The average molecular weight is 501 g/mol. The van der Waals surface area contributed by atoms with E-state index in [2.05, 4.69) is 68.6 Å². The zero-order chi connectivity index (χ0) is 23.5. The fourth-order valence-corrected chi connectivity index (χ4v) is 7.51. The first-order valence-electron chi connectivity index (χ1n) is 11.0. The molecule has 0 bridgehead atoms. The van der Waals surface area contributed by atoms with Crippen molar-refractivity contribution in [3.05, 3.63) is 21.9 Å². The molecule has 32 heavy (non-hydrogen) atoms. The minimum absolute atomic E-state index is 0.192. The van der Waals surface area contributed by atoms with E-state index in [-0.39, 0.29) is 5.78 Å². The Kier molecular flexibility index (Phi) is 6.80. The molecule has 0 radical (unpaired) electrons. The molecule has 1 aromatic rings. The SMILES string of the molecule is CC(C)SN1NC(C)(C2(C3(C)NN(C)N(SC(C)C)N3)CC(=O)c3cscc3C2)NN1C. The first kappa shape index (κ1) is 24.9. The van der Waals surface area contributed by atoms with Gasteiger partial charge in [0, 0.05) is 47.4 Å². The number of Topliss-reactive ketones (excluding diaryl/α,β-unsaturated/α-hetero) is 1. The molecule has 180 valence electrons. The van der Waals surface area contributed by atoms with Crippen molar-refractivity contribution in [2.75, 3.05) is 14.1 Å². The van der Waals surface area contributed by atoms with Gasteiger partial charge in [-0.15, -0.1) is 9.05 Å². The number of hydrogen-bond acceptors (Lipinski definition) is 12. The molecule has 4 N–H and O–H groups in total. The number of carbonyl (C=O) groups excluding carboxylic acids is 1. The number of nitrogens with zero attached hydrogens (tertiary/aromatic N) is 4. The Bertz CT molecular complexity index is 828. The topological polar surface area (TPSA) is 78.1 Å². The first-order valence-corrected chi connectivity index (χ1v) is 13.6. The van der Waals surface area contributed by atoms with Gasteiger partial charge in [0.2, 0.25) is 0 Å². The molecular formula is C20H36N8OS3. The van der Waals surface area contributed by atoms with Gasteiger partial charge < -0.3 is 0 Å². The predicted octanol–water partition coefficient (Wildman–Crippen LogP) is 2.75. The Labute approximate surface area is 204 Å². The maximum absolute atomic E-state index is 13.5. The molecule has 2 aliphatic heterocycles. The molecule has 3 heterocycles. The standard InChI is InChI=1S/C20H36N8OS3/c1-13(2)31-27-23-18(5,21-25(27)7)20(9-15-11-30-12-16(15)17(29)10-20)19(6)22-26(8)28(24-19)32-14(3)4/h11-14,21-24H,9-10H2,1-8H3. The third-order valence-corrected chi connectivity index (χ3v) is 9.19. The lowest BCUT2D eigenvalue weighted by molar-refractivity contribution is -0.0411. The lowest BCUT2D eigenvalue weighted by Crippen LogP contribution is -2.76. The van der Waals surface area contributed by atoms with Gasteiger partial charge in [0.25, 0.3) is 0 Å². The van der Waals surface area contributed by atoms with E-state index in [9.17, 15) is 4.79 Å². The number of ketones is 1. The van der Waals surface area contributed by atoms with E-state index in [1.54, 1.807) is 35.2 Å². The first-order chi connectivity index (χ1) is 14.9. The van der Waals surface area contributed by atoms with Crippen molar-refractivity contribution < 1.29 is 4.79 Å². The van der Waals surface area contributed by atoms with Crippen LogP contribution >= 0.6 is 35.2 Å². The molecule has 0 spiro atoms. The Morgan fingerprint density at radius 2 is 1.38 bits per heavy atom. The number of rotatable bonds is 6. The molecule has 2 fully saturated rings. The predicted molar refractivity (Wildman–Crippen MR) is 133 cm³/mol. The number of thiophene rings is 1. The second-order valence-corrected chi connectivity index (χ2v) is 13.5. The highest BCUT2D eigenvalue weighted by Gasteiger charge is 2.67. The minimum atomic E-state index is -0.604. The summed E-state index contributed by atoms with van der Waals surface area (Å²) >= 11 is 5.03. The number of fused-ring (bicyclic) bond motifs is 1. The third kappa shape index (κ3) is 4.07. The minimum Gasteiger partial charge on any atom is -0.294 e. The van der Waals surface area contributed by atoms with Crippen molar-refractivity contribution >= 4 is 41.0 Å². The molecule has 2 atom stereocenters. The van der Waals surface area contributed by atoms with Crippen LogP contribution in [0, 0.1) is 5.41 Å². The molecule has 2 saturated heterocycles. The quantitative estimate of drug-likeness (QED) is 0.436. The molecule has 1 aromatic heterocycles. The van der Waals surface area contributed by atoms with Gasteiger partial charge in [-0.3, -0.25) is 4.79 Å². The largest absolute Gasteiger partial charge is 0.294 e. The summed E-state index contributed by atoms with van der Waals surface area (Å²) in [6, 6.07) is 0. The molecule has 4 rings (SSSR count). The van der Waals surface area contributed by atoms with E-state index in [4.69, 9.17) is 0 Å². The van der Waals surface area contributed by atoms with Gasteiger partial charge in [-0.1, -0.05) is 27.7 Å². The van der Waals surface area contributed by atoms with Crippen molar-refractivity contribution in [1.29, 1.82) is 0 Å². The van der Waals surface area contributed by atoms with Gasteiger partial charge >= 0.3 is 0 Å². The number of hydrogen-bond donors (Lipinski definition) is 4. The fourth-order valence-electron chi connectivity index (χ4n) is 5.01. The van der Waals surface area contributed by atoms with Crippen molar-refractivity contribution in [3.8, 4) is 0 Å². The highest BCUT2D eigenvalue weighted by atomic mass is 32.2. The summed E-state index contributed by atoms with van der Waals surface area (Å²) in [6.45, 7) is 13.0. The van der Waals surface area contributed by atoms with Gasteiger partial charge in [-0.2, -0.15) is 21.6 Å². The molecule has 2 unspecified atom stereocenters. The molecule has 0 amide bonds. The fraction of sp³-hybridized carbons (Fsp3) is 0.750. The molecule has 9 nitrogen and oxygen atoms in total. The summed E-state index contributed by atoms with van der Waals surface area (Å²) in [5, 5.41) is 8.92. The highest BCUT2D eigenvalue weighted by Crippen LogP contribution is 2.52. The van der Waals surface area contributed by atoms with E-state index < -0.39 is 16.7 Å². The van der Waals surface area contributed by atoms with Crippen molar-refractivity contribution in [2.45, 2.75) is 76.2 Å². The van der Waals surface area contributed by atoms with E-state index in [1.165, 1.54) is 0 Å². The van der Waals surface area contributed by atoms with Gasteiger partial charge in [-0.05, 0) is 55.1 Å². The summed E-state index contributed by atoms with van der Waals surface area (Å²) in [6.07, 6.45) is 1.17. The molecule has 0 aromatic carbocycles. The lowest BCUT2D eigenvalue weighted by Gasteiger charge is -2.55. The van der Waals surface area contributed by atoms with Crippen LogP contribution in [-0.2, 0) is 6.42 Å². The van der Waals surface area contributed by atoms with Crippen LogP contribution < -0.4 is 21.7 Å². The van der Waals surface area contributed by atoms with E-state index in [0.717, 1.165) is 17.5 Å². The Morgan fingerprint density at radius 1 is 0.875 bits per heavy atom. The maximum atomic E-state index is 13.5. The Hall–Kier alpha value is -0.250. The number of carbonyl (C=O) groups is 1. The van der Waals surface area contributed by atoms with Crippen LogP contribution in [-0.4, -0.2) is 61.0 Å². The molecule has 1 aliphatic carbocycles. The van der Waals surface area contributed by atoms with Crippen LogP contribution in [0.25, 0.3) is 0 Å². The van der Waals surface area contributed by atoms with E-state index >= 15 is 0 Å². The number of hydrazine groups is 6. The summed E-state index contributed by atoms with van der Waals surface area (Å²) in [5.74, 6) is 0.192.